The second-order valence-corrected chi connectivity index (χ2v) is 12.5. The highest BCUT2D eigenvalue weighted by atomic mass is 32.2. The summed E-state index contributed by atoms with van der Waals surface area (Å²) in [7, 11) is -1.55. The van der Waals surface area contributed by atoms with E-state index in [1.165, 1.54) is 24.0 Å². The Morgan fingerprint density at radius 3 is 2.36 bits per heavy atom. The third kappa shape index (κ3) is 4.68. The number of hydrogen-bond donors (Lipinski definition) is 2. The van der Waals surface area contributed by atoms with Gasteiger partial charge in [0, 0.05) is 31.4 Å². The molecular formula is C28H36N4O3S. The fourth-order valence-electron chi connectivity index (χ4n) is 5.90. The van der Waals surface area contributed by atoms with E-state index in [2.05, 4.69) is 41.0 Å². The van der Waals surface area contributed by atoms with Gasteiger partial charge in [-0.05, 0) is 105 Å². The molecule has 2 heterocycles. The zero-order valence-corrected chi connectivity index (χ0v) is 22.3. The molecule has 2 N–H and O–H groups in total. The van der Waals surface area contributed by atoms with E-state index < -0.39 is 15.6 Å². The normalized spacial score (nSPS) is 19.6. The molecular weight excluding hydrogens is 472 g/mol. The molecule has 1 fully saturated rings. The number of hydrogen-bond acceptors (Lipinski definition) is 5. The first-order valence-electron chi connectivity index (χ1n) is 13.0. The van der Waals surface area contributed by atoms with Gasteiger partial charge in [-0.2, -0.15) is 0 Å². The second kappa shape index (κ2) is 9.63. The first-order valence-corrected chi connectivity index (χ1v) is 14.6. The van der Waals surface area contributed by atoms with Crippen molar-refractivity contribution < 1.29 is 13.2 Å². The number of fused-ring (bicyclic) bond motifs is 1. The number of rotatable bonds is 6. The van der Waals surface area contributed by atoms with Crippen molar-refractivity contribution in [1.82, 2.24) is 9.62 Å². The summed E-state index contributed by atoms with van der Waals surface area (Å²) in [5.74, 6) is 0.583. The molecule has 1 spiro atoms. The lowest BCUT2D eigenvalue weighted by Gasteiger charge is -2.34. The molecule has 1 amide bonds. The molecule has 1 aliphatic carbocycles. The lowest BCUT2D eigenvalue weighted by Crippen LogP contribution is -2.50. The van der Waals surface area contributed by atoms with Gasteiger partial charge in [-0.25, -0.2) is 12.7 Å². The zero-order chi connectivity index (χ0) is 25.5. The SMILES string of the molecule is CNc1cc(C)c(CCS(=O)(=O)N2CCC3(CC2)N=C(c2ccc4c(c2)CCCC4)NC3=O)c(C)c1. The summed E-state index contributed by atoms with van der Waals surface area (Å²) in [4.78, 5) is 17.9. The van der Waals surface area contributed by atoms with E-state index >= 15 is 0 Å². The van der Waals surface area contributed by atoms with Crippen LogP contribution in [0.15, 0.2) is 35.3 Å². The molecule has 0 unspecified atom stereocenters. The third-order valence-corrected chi connectivity index (χ3v) is 10.0. The zero-order valence-electron chi connectivity index (χ0n) is 21.5. The predicted octanol–water partition coefficient (Wildman–Crippen LogP) is 3.51. The number of benzene rings is 2. The average molecular weight is 509 g/mol. The van der Waals surface area contributed by atoms with Crippen molar-refractivity contribution in [2.75, 3.05) is 31.2 Å². The molecule has 192 valence electrons. The third-order valence-electron chi connectivity index (χ3n) is 8.14. The highest BCUT2D eigenvalue weighted by Crippen LogP contribution is 2.33. The molecule has 0 saturated carbocycles. The number of nitrogens with zero attached hydrogens (tertiary/aromatic N) is 2. The molecule has 0 radical (unpaired) electrons. The summed E-state index contributed by atoms with van der Waals surface area (Å²) in [5, 5.41) is 6.14. The second-order valence-electron chi connectivity index (χ2n) is 10.4. The van der Waals surface area contributed by atoms with Gasteiger partial charge in [-0.15, -0.1) is 0 Å². The van der Waals surface area contributed by atoms with Crippen LogP contribution < -0.4 is 10.6 Å². The summed E-state index contributed by atoms with van der Waals surface area (Å²) in [5.41, 5.74) is 7.13. The molecule has 0 aromatic heterocycles. The highest BCUT2D eigenvalue weighted by Gasteiger charge is 2.47. The molecule has 0 bridgehead atoms. The van der Waals surface area contributed by atoms with Gasteiger partial charge in [-0.3, -0.25) is 9.79 Å². The lowest BCUT2D eigenvalue weighted by atomic mass is 9.89. The lowest BCUT2D eigenvalue weighted by molar-refractivity contribution is -0.124. The van der Waals surface area contributed by atoms with Gasteiger partial charge >= 0.3 is 0 Å². The van der Waals surface area contributed by atoms with E-state index in [-0.39, 0.29) is 11.7 Å². The molecule has 2 aromatic carbocycles. The van der Waals surface area contributed by atoms with Crippen LogP contribution in [-0.2, 0) is 34.1 Å². The monoisotopic (exact) mass is 508 g/mol. The van der Waals surface area contributed by atoms with Crippen LogP contribution in [0.5, 0.6) is 0 Å². The minimum absolute atomic E-state index is 0.0659. The average Bonchev–Trinajstić information content (AvgIpc) is 3.18. The van der Waals surface area contributed by atoms with Crippen molar-refractivity contribution in [3.8, 4) is 0 Å². The number of amides is 1. The van der Waals surface area contributed by atoms with E-state index in [0.29, 0.717) is 38.2 Å². The Morgan fingerprint density at radius 2 is 1.69 bits per heavy atom. The minimum atomic E-state index is -3.43. The van der Waals surface area contributed by atoms with Gasteiger partial charge < -0.3 is 10.6 Å². The van der Waals surface area contributed by atoms with Crippen LogP contribution in [0.25, 0.3) is 0 Å². The maximum Gasteiger partial charge on any atom is 0.253 e. The molecule has 2 aromatic rings. The molecule has 0 atom stereocenters. The first kappa shape index (κ1) is 25.0. The first-order chi connectivity index (χ1) is 17.2. The largest absolute Gasteiger partial charge is 0.388 e. The molecule has 2 aliphatic heterocycles. The van der Waals surface area contributed by atoms with Crippen LogP contribution in [0.4, 0.5) is 5.69 Å². The predicted molar refractivity (Wildman–Crippen MR) is 144 cm³/mol. The Morgan fingerprint density at radius 1 is 1.03 bits per heavy atom. The number of carbonyl (C=O) groups is 1. The van der Waals surface area contributed by atoms with Gasteiger partial charge in [-0.1, -0.05) is 12.1 Å². The fourth-order valence-corrected chi connectivity index (χ4v) is 7.36. The van der Waals surface area contributed by atoms with E-state index in [4.69, 9.17) is 4.99 Å². The molecule has 3 aliphatic rings. The van der Waals surface area contributed by atoms with Crippen LogP contribution in [0.2, 0.25) is 0 Å². The van der Waals surface area contributed by atoms with Crippen molar-refractivity contribution in [2.45, 2.75) is 64.3 Å². The minimum Gasteiger partial charge on any atom is -0.388 e. The number of amidine groups is 1. The Kier molecular flexibility index (Phi) is 6.68. The van der Waals surface area contributed by atoms with Gasteiger partial charge in [0.25, 0.3) is 5.91 Å². The fraction of sp³-hybridized carbons (Fsp3) is 0.500. The van der Waals surface area contributed by atoms with Crippen molar-refractivity contribution in [2.24, 2.45) is 4.99 Å². The number of aliphatic imine (C=N–C) groups is 1. The molecule has 1 saturated heterocycles. The smallest absolute Gasteiger partial charge is 0.253 e. The van der Waals surface area contributed by atoms with Crippen molar-refractivity contribution in [3.63, 3.8) is 0 Å². The summed E-state index contributed by atoms with van der Waals surface area (Å²) in [6, 6.07) is 10.5. The van der Waals surface area contributed by atoms with Crippen LogP contribution in [0.1, 0.15) is 59.1 Å². The summed E-state index contributed by atoms with van der Waals surface area (Å²) in [6.45, 7) is 4.68. The Hall–Kier alpha value is -2.71. The van der Waals surface area contributed by atoms with Crippen molar-refractivity contribution >= 4 is 27.5 Å². The number of piperidine rings is 1. The summed E-state index contributed by atoms with van der Waals surface area (Å²) >= 11 is 0. The number of aryl methyl sites for hydroxylation is 4. The Labute approximate surface area is 214 Å². The topological polar surface area (TPSA) is 90.9 Å². The van der Waals surface area contributed by atoms with Gasteiger partial charge in [0.2, 0.25) is 10.0 Å². The summed E-state index contributed by atoms with van der Waals surface area (Å²) in [6.07, 6.45) is 5.90. The van der Waals surface area contributed by atoms with E-state index in [1.807, 2.05) is 20.9 Å². The molecule has 36 heavy (non-hydrogen) atoms. The quantitative estimate of drug-likeness (QED) is 0.625. The molecule has 7 nitrogen and oxygen atoms in total. The maximum atomic E-state index is 13.2. The van der Waals surface area contributed by atoms with Crippen LogP contribution in [0, 0.1) is 13.8 Å². The molecule has 5 rings (SSSR count). The number of sulfonamides is 1. The van der Waals surface area contributed by atoms with Gasteiger partial charge in [0.15, 0.2) is 0 Å². The Balaban J connectivity index is 1.26. The highest BCUT2D eigenvalue weighted by molar-refractivity contribution is 7.89. The summed E-state index contributed by atoms with van der Waals surface area (Å²) < 4.78 is 27.9. The van der Waals surface area contributed by atoms with Gasteiger partial charge in [0.05, 0.1) is 5.75 Å². The van der Waals surface area contributed by atoms with Gasteiger partial charge in [0.1, 0.15) is 11.4 Å². The number of anilines is 1. The molecule has 8 heteroatoms. The van der Waals surface area contributed by atoms with E-state index in [9.17, 15) is 13.2 Å². The van der Waals surface area contributed by atoms with Crippen LogP contribution in [0.3, 0.4) is 0 Å². The van der Waals surface area contributed by atoms with Crippen LogP contribution >= 0.6 is 0 Å². The Bertz CT molecular complexity index is 1300. The maximum absolute atomic E-state index is 13.2. The van der Waals surface area contributed by atoms with Crippen molar-refractivity contribution in [1.29, 1.82) is 0 Å². The standard InChI is InChI=1S/C28H36N4O3S/c1-19-16-24(29-3)17-20(2)25(19)10-15-36(34,35)32-13-11-28(12-14-32)27(33)30-26(31-28)23-9-8-21-6-4-5-7-22(21)18-23/h8-9,16-18,29H,4-7,10-15H2,1-3H3,(H,30,31,33). The van der Waals surface area contributed by atoms with Crippen LogP contribution in [-0.4, -0.2) is 55.9 Å². The van der Waals surface area contributed by atoms with E-state index in [1.54, 1.807) is 4.31 Å². The number of nitrogens with one attached hydrogen (secondary N) is 2. The number of carbonyl (C=O) groups excluding carboxylic acids is 1. The van der Waals surface area contributed by atoms with Crippen molar-refractivity contribution in [3.05, 3.63) is 63.7 Å². The van der Waals surface area contributed by atoms with E-state index in [0.717, 1.165) is 40.8 Å².